The molecule has 1 N–H and O–H groups in total. The average molecular weight is 420 g/mol. The minimum atomic E-state index is -0.990. The summed E-state index contributed by atoms with van der Waals surface area (Å²) in [6.07, 6.45) is 6.12. The number of aliphatic carboxylic acids is 1. The Morgan fingerprint density at radius 3 is 2.57 bits per heavy atom. The van der Waals surface area contributed by atoms with Crippen molar-refractivity contribution in [3.63, 3.8) is 0 Å². The number of ether oxygens (including phenoxy) is 1. The van der Waals surface area contributed by atoms with Gasteiger partial charge in [0.25, 0.3) is 0 Å². The number of rotatable bonds is 5. The van der Waals surface area contributed by atoms with Crippen molar-refractivity contribution in [1.82, 2.24) is 4.98 Å². The summed E-state index contributed by atoms with van der Waals surface area (Å²) in [5, 5.41) is 12.9. The van der Waals surface area contributed by atoms with Crippen molar-refractivity contribution < 1.29 is 14.6 Å². The topological polar surface area (TPSA) is 59.4 Å². The molecule has 0 radical (unpaired) electrons. The van der Waals surface area contributed by atoms with Gasteiger partial charge in [-0.05, 0) is 57.9 Å². The lowest BCUT2D eigenvalue weighted by atomic mass is 9.76. The summed E-state index contributed by atoms with van der Waals surface area (Å²) in [6.45, 7) is 12.3. The molecule has 0 spiro atoms. The number of thiazole rings is 1. The summed E-state index contributed by atoms with van der Waals surface area (Å²) in [6, 6.07) is 0. The maximum atomic E-state index is 12.2. The van der Waals surface area contributed by atoms with Crippen LogP contribution >= 0.6 is 22.7 Å². The fourth-order valence-electron chi connectivity index (χ4n) is 3.57. The van der Waals surface area contributed by atoms with Gasteiger partial charge in [-0.1, -0.05) is 19.9 Å². The SMILES string of the molecule is Cc1sc(-c2nccs2)c(C2=CCC(C)(C)CC2)c1C(OC(C)(C)C)C(=O)O. The van der Waals surface area contributed by atoms with Crippen LogP contribution in [0.4, 0.5) is 0 Å². The summed E-state index contributed by atoms with van der Waals surface area (Å²) in [5.74, 6) is -0.945. The van der Waals surface area contributed by atoms with Crippen LogP contribution in [0, 0.1) is 12.3 Å². The van der Waals surface area contributed by atoms with Crippen LogP contribution in [-0.4, -0.2) is 21.7 Å². The van der Waals surface area contributed by atoms with Crippen LogP contribution in [0.25, 0.3) is 15.5 Å². The van der Waals surface area contributed by atoms with E-state index in [1.54, 1.807) is 28.9 Å². The maximum Gasteiger partial charge on any atom is 0.337 e. The first-order chi connectivity index (χ1) is 13.0. The molecule has 2 aromatic rings. The normalized spacial score (nSPS) is 18.0. The minimum Gasteiger partial charge on any atom is -0.479 e. The minimum absolute atomic E-state index is 0.282. The van der Waals surface area contributed by atoms with Crippen molar-refractivity contribution in [3.8, 4) is 9.88 Å². The van der Waals surface area contributed by atoms with Gasteiger partial charge in [0.15, 0.2) is 6.10 Å². The predicted octanol–water partition coefficient (Wildman–Crippen LogP) is 6.71. The number of allylic oxidation sites excluding steroid dienone is 2. The van der Waals surface area contributed by atoms with Crippen molar-refractivity contribution in [2.75, 3.05) is 0 Å². The molecule has 1 unspecified atom stereocenters. The number of aromatic nitrogens is 1. The first-order valence-corrected chi connectivity index (χ1v) is 11.3. The van der Waals surface area contributed by atoms with Crippen LogP contribution in [0.3, 0.4) is 0 Å². The summed E-state index contributed by atoms with van der Waals surface area (Å²) < 4.78 is 6.03. The molecular formula is C22H29NO3S2. The standard InChI is InChI=1S/C22H29NO3S2/c1-13-15(17(20(24)25)26-21(2,3)4)16(14-7-9-22(5,6)10-8-14)18(28-13)19-23-11-12-27-19/h7,11-12,17H,8-10H2,1-6H3,(H,24,25). The number of thiophene rings is 1. The Bertz CT molecular complexity index is 886. The zero-order valence-electron chi connectivity index (χ0n) is 17.5. The van der Waals surface area contributed by atoms with Crippen LogP contribution in [0.15, 0.2) is 17.7 Å². The van der Waals surface area contributed by atoms with Gasteiger partial charge in [-0.25, -0.2) is 9.78 Å². The third-order valence-electron chi connectivity index (χ3n) is 5.01. The van der Waals surface area contributed by atoms with Gasteiger partial charge in [0, 0.05) is 27.6 Å². The summed E-state index contributed by atoms with van der Waals surface area (Å²) in [7, 11) is 0. The van der Waals surface area contributed by atoms with Gasteiger partial charge >= 0.3 is 5.97 Å². The van der Waals surface area contributed by atoms with Gasteiger partial charge in [0.2, 0.25) is 0 Å². The fraction of sp³-hybridized carbons (Fsp3) is 0.545. The molecule has 1 atom stereocenters. The number of nitrogens with zero attached hydrogens (tertiary/aromatic N) is 1. The molecule has 1 aliphatic rings. The van der Waals surface area contributed by atoms with E-state index in [9.17, 15) is 9.90 Å². The molecular weight excluding hydrogens is 390 g/mol. The summed E-state index contributed by atoms with van der Waals surface area (Å²) in [4.78, 5) is 18.8. The van der Waals surface area contributed by atoms with Gasteiger partial charge in [-0.15, -0.1) is 22.7 Å². The molecule has 6 heteroatoms. The highest BCUT2D eigenvalue weighted by Gasteiger charge is 2.35. The smallest absolute Gasteiger partial charge is 0.337 e. The van der Waals surface area contributed by atoms with Gasteiger partial charge in [-0.2, -0.15) is 0 Å². The number of aryl methyl sites for hydroxylation is 1. The number of carboxylic acids is 1. The maximum absolute atomic E-state index is 12.2. The van der Waals surface area contributed by atoms with Crippen molar-refractivity contribution in [2.24, 2.45) is 5.41 Å². The lowest BCUT2D eigenvalue weighted by molar-refractivity contribution is -0.160. The number of carboxylic acid groups (broad SMARTS) is 1. The van der Waals surface area contributed by atoms with Crippen molar-refractivity contribution in [1.29, 1.82) is 0 Å². The molecule has 0 fully saturated rings. The van der Waals surface area contributed by atoms with Gasteiger partial charge in [0.1, 0.15) is 5.01 Å². The lowest BCUT2D eigenvalue weighted by Gasteiger charge is -2.30. The Morgan fingerprint density at radius 1 is 1.36 bits per heavy atom. The van der Waals surface area contributed by atoms with Gasteiger partial charge in [0.05, 0.1) is 10.5 Å². The largest absolute Gasteiger partial charge is 0.479 e. The van der Waals surface area contributed by atoms with E-state index in [1.807, 2.05) is 33.1 Å². The predicted molar refractivity (Wildman–Crippen MR) is 117 cm³/mol. The van der Waals surface area contributed by atoms with Gasteiger partial charge < -0.3 is 9.84 Å². The Balaban J connectivity index is 2.19. The van der Waals surface area contributed by atoms with Crippen LogP contribution in [0.5, 0.6) is 0 Å². The van der Waals surface area contributed by atoms with Gasteiger partial charge in [-0.3, -0.25) is 0 Å². The van der Waals surface area contributed by atoms with E-state index in [1.165, 1.54) is 5.57 Å². The molecule has 4 nitrogen and oxygen atoms in total. The zero-order chi connectivity index (χ0) is 20.7. The monoisotopic (exact) mass is 419 g/mol. The third-order valence-corrected chi connectivity index (χ3v) is 7.06. The van der Waals surface area contributed by atoms with E-state index in [0.717, 1.165) is 45.2 Å². The first kappa shape index (κ1) is 21.2. The molecule has 152 valence electrons. The number of hydrogen-bond acceptors (Lipinski definition) is 5. The molecule has 0 aliphatic heterocycles. The average Bonchev–Trinajstić information content (AvgIpc) is 3.19. The van der Waals surface area contributed by atoms with E-state index in [0.29, 0.717) is 0 Å². The molecule has 0 saturated heterocycles. The molecule has 0 bridgehead atoms. The second kappa shape index (κ2) is 7.73. The second-order valence-corrected chi connectivity index (χ2v) is 11.3. The summed E-state index contributed by atoms with van der Waals surface area (Å²) >= 11 is 3.22. The quantitative estimate of drug-likeness (QED) is 0.585. The van der Waals surface area contributed by atoms with Crippen LogP contribution in [0.1, 0.15) is 76.0 Å². The molecule has 1 aliphatic carbocycles. The number of hydrogen-bond donors (Lipinski definition) is 1. The Morgan fingerprint density at radius 2 is 2.07 bits per heavy atom. The van der Waals surface area contributed by atoms with Crippen LogP contribution < -0.4 is 0 Å². The first-order valence-electron chi connectivity index (χ1n) is 9.62. The zero-order valence-corrected chi connectivity index (χ0v) is 19.1. The Kier molecular flexibility index (Phi) is 5.86. The van der Waals surface area contributed by atoms with Crippen molar-refractivity contribution in [2.45, 2.75) is 72.5 Å². The molecule has 0 amide bonds. The highest BCUT2D eigenvalue weighted by atomic mass is 32.1. The van der Waals surface area contributed by atoms with Crippen molar-refractivity contribution >= 4 is 34.2 Å². The van der Waals surface area contributed by atoms with Crippen molar-refractivity contribution in [3.05, 3.63) is 33.7 Å². The van der Waals surface area contributed by atoms with E-state index >= 15 is 0 Å². The summed E-state index contributed by atoms with van der Waals surface area (Å²) in [5.41, 5.74) is 2.78. The van der Waals surface area contributed by atoms with E-state index in [-0.39, 0.29) is 5.41 Å². The van der Waals surface area contributed by atoms with Crippen LogP contribution in [0.2, 0.25) is 0 Å². The molecule has 2 heterocycles. The Labute approximate surface area is 175 Å². The van der Waals surface area contributed by atoms with E-state index in [2.05, 4.69) is 24.9 Å². The number of carbonyl (C=O) groups is 1. The molecule has 0 saturated carbocycles. The molecule has 2 aromatic heterocycles. The molecule has 28 heavy (non-hydrogen) atoms. The highest BCUT2D eigenvalue weighted by molar-refractivity contribution is 7.21. The third kappa shape index (κ3) is 4.56. The van der Waals surface area contributed by atoms with E-state index < -0.39 is 17.7 Å². The second-order valence-electron chi connectivity index (χ2n) is 9.16. The molecule has 0 aromatic carbocycles. The lowest BCUT2D eigenvalue weighted by Crippen LogP contribution is -2.28. The van der Waals surface area contributed by atoms with Crippen LogP contribution in [-0.2, 0) is 9.53 Å². The Hall–Kier alpha value is -1.50. The molecule has 3 rings (SSSR count). The fourth-order valence-corrected chi connectivity index (χ4v) is 5.53. The highest BCUT2D eigenvalue weighted by Crippen LogP contribution is 2.49. The van der Waals surface area contributed by atoms with E-state index in [4.69, 9.17) is 4.74 Å².